The lowest BCUT2D eigenvalue weighted by molar-refractivity contribution is 0.0819. The predicted molar refractivity (Wildman–Crippen MR) is 30.1 cm³/mol. The minimum atomic E-state index is -0.694. The van der Waals surface area contributed by atoms with Gasteiger partial charge in [0.15, 0.2) is 0 Å². The molecule has 0 aliphatic rings. The standard InChI is InChI=1S/C5H8N3O/c1-2-5(9)4-3-6-8-7-4/h3,5H,2H2,1H3,(H,6,7,8). The number of nitrogens with zero attached hydrogens (tertiary/aromatic N) is 2. The molecule has 0 bridgehead atoms. The summed E-state index contributed by atoms with van der Waals surface area (Å²) in [6, 6.07) is 0. The molecule has 0 amide bonds. The Bertz CT molecular complexity index is 161. The molecule has 0 fully saturated rings. The molecule has 0 saturated heterocycles. The number of aromatic nitrogens is 3. The van der Waals surface area contributed by atoms with E-state index in [0.29, 0.717) is 12.1 Å². The van der Waals surface area contributed by atoms with Gasteiger partial charge in [-0.1, -0.05) is 12.1 Å². The van der Waals surface area contributed by atoms with Crippen molar-refractivity contribution in [2.24, 2.45) is 0 Å². The Morgan fingerprint density at radius 3 is 3.11 bits per heavy atom. The molecule has 1 N–H and O–H groups in total. The Morgan fingerprint density at radius 1 is 1.89 bits per heavy atom. The van der Waals surface area contributed by atoms with E-state index in [9.17, 15) is 5.11 Å². The van der Waals surface area contributed by atoms with Crippen LogP contribution in [0.25, 0.3) is 0 Å². The van der Waals surface area contributed by atoms with Gasteiger partial charge in [0.25, 0.3) is 0 Å². The lowest BCUT2D eigenvalue weighted by atomic mass is 10.2. The molecule has 9 heavy (non-hydrogen) atoms. The van der Waals surface area contributed by atoms with Gasteiger partial charge in [-0.15, -0.1) is 5.10 Å². The highest BCUT2D eigenvalue weighted by Gasteiger charge is 2.06. The van der Waals surface area contributed by atoms with Gasteiger partial charge in [-0.3, -0.25) is 5.10 Å². The highest BCUT2D eigenvalue weighted by Crippen LogP contribution is 2.10. The molecule has 0 aliphatic carbocycles. The second-order valence-electron chi connectivity index (χ2n) is 1.81. The Morgan fingerprint density at radius 2 is 2.67 bits per heavy atom. The highest BCUT2D eigenvalue weighted by molar-refractivity contribution is 4.94. The fourth-order valence-electron chi connectivity index (χ4n) is 0.582. The second-order valence-corrected chi connectivity index (χ2v) is 1.81. The lowest BCUT2D eigenvalue weighted by Crippen LogP contribution is -1.92. The minimum absolute atomic E-state index is 0.567. The van der Waals surface area contributed by atoms with Gasteiger partial charge in [-0.2, -0.15) is 0 Å². The number of nitrogens with one attached hydrogen (secondary N) is 1. The quantitative estimate of drug-likeness (QED) is 0.633. The van der Waals surface area contributed by atoms with Crippen molar-refractivity contribution in [2.75, 3.05) is 0 Å². The zero-order chi connectivity index (χ0) is 6.69. The van der Waals surface area contributed by atoms with Gasteiger partial charge in [-0.05, 0) is 6.42 Å². The summed E-state index contributed by atoms with van der Waals surface area (Å²) in [5.41, 5.74) is 0.567. The monoisotopic (exact) mass is 126 g/mol. The van der Waals surface area contributed by atoms with Crippen LogP contribution in [0, 0.1) is 0 Å². The van der Waals surface area contributed by atoms with Crippen LogP contribution in [-0.4, -0.2) is 15.4 Å². The Balaban J connectivity index is 2.65. The van der Waals surface area contributed by atoms with Gasteiger partial charge in [0.1, 0.15) is 6.10 Å². The van der Waals surface area contributed by atoms with Crippen molar-refractivity contribution in [3.8, 4) is 0 Å². The first-order valence-corrected chi connectivity index (χ1v) is 2.86. The van der Waals surface area contributed by atoms with Gasteiger partial charge in [0, 0.05) is 0 Å². The van der Waals surface area contributed by atoms with Crippen molar-refractivity contribution >= 4 is 0 Å². The fraction of sp³-hybridized carbons (Fsp3) is 0.600. The summed E-state index contributed by atoms with van der Waals surface area (Å²) in [6.45, 7) is 1.83. The van der Waals surface area contributed by atoms with E-state index in [2.05, 4.69) is 15.4 Å². The van der Waals surface area contributed by atoms with E-state index in [1.54, 1.807) is 0 Å². The van der Waals surface area contributed by atoms with Gasteiger partial charge in [0.05, 0.1) is 11.9 Å². The van der Waals surface area contributed by atoms with Crippen LogP contribution < -0.4 is 0 Å². The van der Waals surface area contributed by atoms with E-state index in [-0.39, 0.29) is 0 Å². The van der Waals surface area contributed by atoms with Crippen molar-refractivity contribution < 1.29 is 5.11 Å². The maximum atomic E-state index is 10.8. The fourth-order valence-corrected chi connectivity index (χ4v) is 0.582. The average Bonchev–Trinajstić information content (AvgIpc) is 2.37. The van der Waals surface area contributed by atoms with Crippen LogP contribution in [0.4, 0.5) is 0 Å². The molecule has 4 nitrogen and oxygen atoms in total. The van der Waals surface area contributed by atoms with Crippen LogP contribution in [-0.2, 0) is 5.11 Å². The van der Waals surface area contributed by atoms with Crippen LogP contribution in [0.5, 0.6) is 0 Å². The number of hydrogen-bond acceptors (Lipinski definition) is 2. The van der Waals surface area contributed by atoms with E-state index < -0.39 is 6.10 Å². The van der Waals surface area contributed by atoms with Crippen molar-refractivity contribution in [1.29, 1.82) is 0 Å². The predicted octanol–water partition coefficient (Wildman–Crippen LogP) is 0.686. The van der Waals surface area contributed by atoms with E-state index in [1.165, 1.54) is 6.20 Å². The first-order chi connectivity index (χ1) is 4.34. The molecule has 0 aliphatic heterocycles. The molecule has 1 atom stereocenters. The van der Waals surface area contributed by atoms with Crippen LogP contribution in [0.1, 0.15) is 25.1 Å². The van der Waals surface area contributed by atoms with E-state index in [0.717, 1.165) is 0 Å². The van der Waals surface area contributed by atoms with Gasteiger partial charge in [-0.25, -0.2) is 5.11 Å². The number of H-pyrrole nitrogens is 1. The summed E-state index contributed by atoms with van der Waals surface area (Å²) < 4.78 is 0. The summed E-state index contributed by atoms with van der Waals surface area (Å²) in [5, 5.41) is 20.3. The van der Waals surface area contributed by atoms with Crippen LogP contribution in [0.15, 0.2) is 6.20 Å². The molecule has 49 valence electrons. The third kappa shape index (κ3) is 1.26. The van der Waals surface area contributed by atoms with Crippen molar-refractivity contribution in [3.63, 3.8) is 0 Å². The molecule has 1 aromatic rings. The first kappa shape index (κ1) is 6.22. The van der Waals surface area contributed by atoms with E-state index in [1.807, 2.05) is 6.92 Å². The van der Waals surface area contributed by atoms with Crippen molar-refractivity contribution in [2.45, 2.75) is 19.4 Å². The Kier molecular flexibility index (Phi) is 1.79. The first-order valence-electron chi connectivity index (χ1n) is 2.86. The zero-order valence-corrected chi connectivity index (χ0v) is 5.16. The van der Waals surface area contributed by atoms with Crippen LogP contribution >= 0.6 is 0 Å². The third-order valence-electron chi connectivity index (χ3n) is 1.15. The maximum Gasteiger partial charge on any atom is 0.136 e. The molecular weight excluding hydrogens is 118 g/mol. The van der Waals surface area contributed by atoms with Crippen molar-refractivity contribution in [3.05, 3.63) is 11.9 Å². The average molecular weight is 126 g/mol. The molecule has 0 aromatic carbocycles. The third-order valence-corrected chi connectivity index (χ3v) is 1.15. The molecule has 0 saturated carbocycles. The summed E-state index contributed by atoms with van der Waals surface area (Å²) >= 11 is 0. The van der Waals surface area contributed by atoms with E-state index in [4.69, 9.17) is 0 Å². The summed E-state index contributed by atoms with van der Waals surface area (Å²) in [4.78, 5) is 0. The van der Waals surface area contributed by atoms with Gasteiger partial charge >= 0.3 is 0 Å². The van der Waals surface area contributed by atoms with E-state index >= 15 is 0 Å². The molecule has 1 rings (SSSR count). The summed E-state index contributed by atoms with van der Waals surface area (Å²) in [6.07, 6.45) is 1.34. The van der Waals surface area contributed by atoms with Gasteiger partial charge < -0.3 is 0 Å². The topological polar surface area (TPSA) is 61.5 Å². The molecule has 1 radical (unpaired) electrons. The molecule has 0 spiro atoms. The smallest absolute Gasteiger partial charge is 0.136 e. The number of rotatable bonds is 2. The maximum absolute atomic E-state index is 10.8. The Labute approximate surface area is 52.9 Å². The number of hydrogen-bond donors (Lipinski definition) is 1. The molecular formula is C5H8N3O. The number of aromatic amines is 1. The molecule has 4 heteroatoms. The highest BCUT2D eigenvalue weighted by atomic mass is 16.3. The largest absolute Gasteiger partial charge is 0.260 e. The molecule has 1 aromatic heterocycles. The van der Waals surface area contributed by atoms with Crippen LogP contribution in [0.2, 0.25) is 0 Å². The van der Waals surface area contributed by atoms with Crippen molar-refractivity contribution in [1.82, 2.24) is 15.4 Å². The normalized spacial score (nSPS) is 13.6. The summed E-state index contributed by atoms with van der Waals surface area (Å²) in [5.74, 6) is 0. The molecule has 1 heterocycles. The van der Waals surface area contributed by atoms with Gasteiger partial charge in [0.2, 0.25) is 0 Å². The second kappa shape index (κ2) is 2.59. The van der Waals surface area contributed by atoms with Crippen LogP contribution in [0.3, 0.4) is 0 Å². The minimum Gasteiger partial charge on any atom is -0.260 e. The SMILES string of the molecule is CCC([O])c1cnn[nH]1. The summed E-state index contributed by atoms with van der Waals surface area (Å²) in [7, 11) is 0. The lowest BCUT2D eigenvalue weighted by Gasteiger charge is -1.96. The zero-order valence-electron chi connectivity index (χ0n) is 5.16. The molecule has 1 unspecified atom stereocenters. The Hall–Kier alpha value is -0.900.